The van der Waals surface area contributed by atoms with Gasteiger partial charge in [0.2, 0.25) is 0 Å². The van der Waals surface area contributed by atoms with Gasteiger partial charge in [0.15, 0.2) is 0 Å². The van der Waals surface area contributed by atoms with E-state index in [1.165, 1.54) is 21.6 Å². The lowest BCUT2D eigenvalue weighted by Crippen LogP contribution is -2.33. The summed E-state index contributed by atoms with van der Waals surface area (Å²) in [5.74, 6) is 0. The van der Waals surface area contributed by atoms with E-state index in [0.29, 0.717) is 8.64 Å². The Morgan fingerprint density at radius 2 is 1.28 bits per heavy atom. The minimum Gasteiger partial charge on any atom is -0.374 e. The van der Waals surface area contributed by atoms with Crippen LogP contribution in [0.4, 0.5) is 0 Å². The Balaban J connectivity index is 1.77. The summed E-state index contributed by atoms with van der Waals surface area (Å²) in [6, 6.07) is 0. The van der Waals surface area contributed by atoms with Gasteiger partial charge in [-0.2, -0.15) is 0 Å². The van der Waals surface area contributed by atoms with Crippen molar-refractivity contribution >= 4 is 54.7 Å². The van der Waals surface area contributed by atoms with Crippen molar-refractivity contribution in [1.82, 2.24) is 9.80 Å². The fourth-order valence-electron chi connectivity index (χ4n) is 2.09. The highest BCUT2D eigenvalue weighted by atomic mass is 33.1. The van der Waals surface area contributed by atoms with Gasteiger partial charge in [-0.1, -0.05) is 24.4 Å². The average Bonchev–Trinajstić information content (AvgIpc) is 2.94. The van der Waals surface area contributed by atoms with Crippen molar-refractivity contribution < 1.29 is 10.2 Å². The Hall–Kier alpha value is 0.400. The molecule has 0 spiro atoms. The zero-order valence-corrected chi connectivity index (χ0v) is 13.1. The van der Waals surface area contributed by atoms with E-state index in [-0.39, 0.29) is 0 Å². The zero-order chi connectivity index (χ0) is 13.1. The fourth-order valence-corrected chi connectivity index (χ4v) is 4.89. The number of hydrogen-bond acceptors (Lipinski definition) is 6. The van der Waals surface area contributed by atoms with Crippen LogP contribution in [-0.2, 0) is 0 Å². The van der Waals surface area contributed by atoms with Crippen LogP contribution in [0.25, 0.3) is 0 Å². The summed E-state index contributed by atoms with van der Waals surface area (Å²) < 4.78 is 1.34. The molecule has 8 heteroatoms. The molecule has 2 heterocycles. The van der Waals surface area contributed by atoms with E-state index in [9.17, 15) is 10.2 Å². The highest BCUT2D eigenvalue weighted by molar-refractivity contribution is 8.89. The minimum absolute atomic E-state index is 0.448. The summed E-state index contributed by atoms with van der Waals surface area (Å²) in [5.41, 5.74) is 0. The first-order valence-electron chi connectivity index (χ1n) is 5.91. The van der Waals surface area contributed by atoms with Gasteiger partial charge in [-0.3, -0.25) is 0 Å². The molecule has 0 aliphatic carbocycles. The molecule has 2 aliphatic heterocycles. The maximum Gasteiger partial charge on any atom is 0.149 e. The van der Waals surface area contributed by atoms with E-state index in [2.05, 4.69) is 0 Å². The van der Waals surface area contributed by atoms with Crippen molar-refractivity contribution in [1.29, 1.82) is 0 Å². The van der Waals surface area contributed by atoms with Gasteiger partial charge < -0.3 is 20.0 Å². The maximum absolute atomic E-state index is 9.71. The monoisotopic (exact) mass is 324 g/mol. The summed E-state index contributed by atoms with van der Waals surface area (Å²) in [7, 11) is 2.79. The van der Waals surface area contributed by atoms with Gasteiger partial charge >= 0.3 is 0 Å². The summed E-state index contributed by atoms with van der Waals surface area (Å²) in [5, 5.41) is 19.4. The fraction of sp³-hybridized carbons (Fsp3) is 0.800. The summed E-state index contributed by atoms with van der Waals surface area (Å²) in [4.78, 5) is 3.66. The molecule has 2 fully saturated rings. The quantitative estimate of drug-likeness (QED) is 0.516. The molecule has 0 aromatic rings. The zero-order valence-electron chi connectivity index (χ0n) is 9.82. The smallest absolute Gasteiger partial charge is 0.149 e. The van der Waals surface area contributed by atoms with Crippen LogP contribution in [0.2, 0.25) is 0 Å². The van der Waals surface area contributed by atoms with E-state index in [0.717, 1.165) is 38.8 Å². The van der Waals surface area contributed by atoms with Crippen LogP contribution >= 0.6 is 46.0 Å². The van der Waals surface area contributed by atoms with Crippen LogP contribution in [0.5, 0.6) is 0 Å². The van der Waals surface area contributed by atoms with Crippen LogP contribution in [0.3, 0.4) is 0 Å². The van der Waals surface area contributed by atoms with E-state index in [1.807, 2.05) is 9.80 Å². The molecule has 2 atom stereocenters. The van der Waals surface area contributed by atoms with Crippen molar-refractivity contribution in [2.24, 2.45) is 0 Å². The number of aliphatic hydroxyl groups is 2. The molecule has 2 saturated heterocycles. The third-order valence-electron chi connectivity index (χ3n) is 3.10. The Bertz CT molecular complexity index is 310. The molecule has 0 aromatic carbocycles. The van der Waals surface area contributed by atoms with Gasteiger partial charge in [0.05, 0.1) is 0 Å². The summed E-state index contributed by atoms with van der Waals surface area (Å²) in [6.45, 7) is 1.62. The molecule has 2 aliphatic rings. The molecule has 0 saturated carbocycles. The highest BCUT2D eigenvalue weighted by Gasteiger charge is 2.27. The number of thiocarbonyl (C=S) groups is 2. The van der Waals surface area contributed by atoms with Crippen LogP contribution in [0.1, 0.15) is 25.7 Å². The average molecular weight is 325 g/mol. The van der Waals surface area contributed by atoms with Gasteiger partial charge in [-0.25, -0.2) is 0 Å². The van der Waals surface area contributed by atoms with E-state index >= 15 is 0 Å². The Morgan fingerprint density at radius 3 is 1.56 bits per heavy atom. The largest absolute Gasteiger partial charge is 0.374 e. The van der Waals surface area contributed by atoms with E-state index in [1.54, 1.807) is 0 Å². The number of rotatable bonds is 0. The predicted molar refractivity (Wildman–Crippen MR) is 84.3 cm³/mol. The molecule has 0 radical (unpaired) electrons. The molecule has 18 heavy (non-hydrogen) atoms. The van der Waals surface area contributed by atoms with Gasteiger partial charge in [0.25, 0.3) is 0 Å². The van der Waals surface area contributed by atoms with Gasteiger partial charge in [-0.15, -0.1) is 0 Å². The molecule has 2 N–H and O–H groups in total. The Kier molecular flexibility index (Phi) is 5.52. The Morgan fingerprint density at radius 1 is 0.889 bits per heavy atom. The SMILES string of the molecule is O[C@@H]1CCCN1C(=S)SSC(=S)N1CCC[C@H]1O. The molecular formula is C10H16N2O2S4. The molecule has 0 amide bonds. The topological polar surface area (TPSA) is 46.9 Å². The lowest BCUT2D eigenvalue weighted by Gasteiger charge is -2.24. The lowest BCUT2D eigenvalue weighted by atomic mass is 10.4. The predicted octanol–water partition coefficient (Wildman–Crippen LogP) is 1.77. The summed E-state index contributed by atoms with van der Waals surface area (Å²) in [6.07, 6.45) is 2.61. The molecule has 102 valence electrons. The minimum atomic E-state index is -0.448. The van der Waals surface area contributed by atoms with Crippen molar-refractivity contribution in [3.63, 3.8) is 0 Å². The van der Waals surface area contributed by atoms with Gasteiger partial charge in [0, 0.05) is 13.1 Å². The number of likely N-dealkylation sites (tertiary alicyclic amines) is 2. The van der Waals surface area contributed by atoms with Crippen LogP contribution in [-0.4, -0.2) is 54.2 Å². The van der Waals surface area contributed by atoms with E-state index in [4.69, 9.17) is 24.4 Å². The second-order valence-corrected chi connectivity index (χ2v) is 7.73. The Labute approximate surface area is 125 Å². The van der Waals surface area contributed by atoms with Crippen molar-refractivity contribution in [3.8, 4) is 0 Å². The molecule has 2 rings (SSSR count). The molecule has 0 unspecified atom stereocenters. The van der Waals surface area contributed by atoms with Gasteiger partial charge in [-0.05, 0) is 47.3 Å². The second-order valence-electron chi connectivity index (χ2n) is 4.33. The normalized spacial score (nSPS) is 27.9. The van der Waals surface area contributed by atoms with Crippen LogP contribution in [0.15, 0.2) is 0 Å². The second kappa shape index (κ2) is 6.71. The van der Waals surface area contributed by atoms with Gasteiger partial charge in [0.1, 0.15) is 21.1 Å². The standard InChI is InChI=1S/C10H16N2O2S4/c13-7-3-1-5-11(7)9(15)17-18-10(16)12-6-2-4-8(12)14/h7-8,13-14H,1-6H2/t7-,8-/m1/s1. The first-order chi connectivity index (χ1) is 8.59. The van der Waals surface area contributed by atoms with E-state index < -0.39 is 12.5 Å². The lowest BCUT2D eigenvalue weighted by molar-refractivity contribution is 0.0897. The number of hydrogen-bond donors (Lipinski definition) is 2. The molecule has 4 nitrogen and oxygen atoms in total. The van der Waals surface area contributed by atoms with Crippen molar-refractivity contribution in [3.05, 3.63) is 0 Å². The number of aliphatic hydroxyl groups excluding tert-OH is 2. The molecular weight excluding hydrogens is 308 g/mol. The molecule has 0 bridgehead atoms. The van der Waals surface area contributed by atoms with Crippen LogP contribution < -0.4 is 0 Å². The van der Waals surface area contributed by atoms with Crippen LogP contribution in [0, 0.1) is 0 Å². The van der Waals surface area contributed by atoms with Crippen molar-refractivity contribution in [2.45, 2.75) is 38.1 Å². The first kappa shape index (κ1) is 14.8. The summed E-state index contributed by atoms with van der Waals surface area (Å²) >= 11 is 10.6. The van der Waals surface area contributed by atoms with Crippen molar-refractivity contribution in [2.75, 3.05) is 13.1 Å². The first-order valence-corrected chi connectivity index (χ1v) is 8.88. The number of nitrogens with zero attached hydrogens (tertiary/aromatic N) is 2. The molecule has 0 aromatic heterocycles. The highest BCUT2D eigenvalue weighted by Crippen LogP contribution is 2.33. The third kappa shape index (κ3) is 3.49. The maximum atomic E-state index is 9.71. The third-order valence-corrected chi connectivity index (χ3v) is 6.73.